The van der Waals surface area contributed by atoms with Crippen LogP contribution in [0.5, 0.6) is 0 Å². The molecule has 0 aromatic heterocycles. The Bertz CT molecular complexity index is 1150. The van der Waals surface area contributed by atoms with Gasteiger partial charge in [-0.3, -0.25) is 14.9 Å². The molecule has 0 atom stereocenters. The average molecular weight is 466 g/mol. The van der Waals surface area contributed by atoms with Gasteiger partial charge in [0.2, 0.25) is 5.91 Å². The number of allylic oxidation sites excluding steroid dienone is 1. The number of nitrogens with zero attached hydrogens (tertiary/aromatic N) is 1. The fraction of sp³-hybridized carbons (Fsp3) is 0.346. The Labute approximate surface area is 199 Å². The van der Waals surface area contributed by atoms with Crippen molar-refractivity contribution in [1.82, 2.24) is 0 Å². The van der Waals surface area contributed by atoms with Gasteiger partial charge in [0.1, 0.15) is 11.4 Å². The predicted molar refractivity (Wildman–Crippen MR) is 133 cm³/mol. The van der Waals surface area contributed by atoms with Gasteiger partial charge in [-0.05, 0) is 75.2 Å². The lowest BCUT2D eigenvalue weighted by atomic mass is 10.1. The van der Waals surface area contributed by atoms with Crippen LogP contribution in [0.3, 0.4) is 0 Å². The van der Waals surface area contributed by atoms with Crippen molar-refractivity contribution in [2.45, 2.75) is 46.1 Å². The number of anilines is 3. The highest BCUT2D eigenvalue weighted by Gasteiger charge is 2.25. The fourth-order valence-electron chi connectivity index (χ4n) is 3.63. The summed E-state index contributed by atoms with van der Waals surface area (Å²) in [6.07, 6.45) is 2.32. The third kappa shape index (κ3) is 5.75. The van der Waals surface area contributed by atoms with Crippen LogP contribution >= 0.6 is 0 Å². The van der Waals surface area contributed by atoms with Gasteiger partial charge in [-0.15, -0.1) is 0 Å². The first-order valence-electron chi connectivity index (χ1n) is 11.1. The van der Waals surface area contributed by atoms with E-state index in [0.717, 1.165) is 23.2 Å². The highest BCUT2D eigenvalue weighted by molar-refractivity contribution is 6.09. The number of methoxy groups -OCH3 is 1. The first-order valence-corrected chi connectivity index (χ1v) is 11.1. The second-order valence-corrected chi connectivity index (χ2v) is 9.00. The molecule has 3 rings (SSSR count). The van der Waals surface area contributed by atoms with Gasteiger partial charge in [0.05, 0.1) is 24.9 Å². The van der Waals surface area contributed by atoms with E-state index in [9.17, 15) is 14.4 Å². The molecular weight excluding hydrogens is 434 g/mol. The van der Waals surface area contributed by atoms with Crippen molar-refractivity contribution in [3.63, 3.8) is 0 Å². The quantitative estimate of drug-likeness (QED) is 0.572. The van der Waals surface area contributed by atoms with Crippen LogP contribution in [0.4, 0.5) is 21.9 Å². The number of nitrogens with one attached hydrogen (secondary N) is 2. The molecule has 2 N–H and O–H groups in total. The summed E-state index contributed by atoms with van der Waals surface area (Å²) in [6.45, 7) is 7.31. The Hall–Kier alpha value is -3.81. The summed E-state index contributed by atoms with van der Waals surface area (Å²) in [5.74, 6) is 0.271. The van der Waals surface area contributed by atoms with Crippen molar-refractivity contribution >= 4 is 40.7 Å². The second-order valence-electron chi connectivity index (χ2n) is 9.00. The molecule has 180 valence electrons. The maximum Gasteiger partial charge on any atom is 0.412 e. The smallest absolute Gasteiger partial charge is 0.412 e. The van der Waals surface area contributed by atoms with Crippen molar-refractivity contribution in [2.24, 2.45) is 0 Å². The molecule has 0 aliphatic carbocycles. The van der Waals surface area contributed by atoms with E-state index in [-0.39, 0.29) is 18.2 Å². The summed E-state index contributed by atoms with van der Waals surface area (Å²) >= 11 is 0. The molecule has 0 saturated heterocycles. The molecule has 0 unspecified atom stereocenters. The molecule has 1 aliphatic rings. The first kappa shape index (κ1) is 24.8. The van der Waals surface area contributed by atoms with E-state index in [0.29, 0.717) is 22.7 Å². The third-order valence-electron chi connectivity index (χ3n) is 5.22. The Balaban J connectivity index is 1.92. The van der Waals surface area contributed by atoms with Gasteiger partial charge in [0.15, 0.2) is 0 Å². The van der Waals surface area contributed by atoms with E-state index in [1.54, 1.807) is 76.2 Å². The monoisotopic (exact) mass is 465 g/mol. The van der Waals surface area contributed by atoms with Gasteiger partial charge < -0.3 is 19.7 Å². The number of carbonyl (C=O) groups excluding carboxylic acids is 3. The van der Waals surface area contributed by atoms with Crippen LogP contribution in [0.15, 0.2) is 42.5 Å². The van der Waals surface area contributed by atoms with E-state index in [1.165, 1.54) is 0 Å². The molecule has 0 saturated carbocycles. The van der Waals surface area contributed by atoms with Gasteiger partial charge in [0.25, 0.3) is 5.91 Å². The maximum absolute atomic E-state index is 13.1. The molecule has 2 aromatic carbocycles. The lowest BCUT2D eigenvalue weighted by molar-refractivity contribution is -0.117. The van der Waals surface area contributed by atoms with Crippen LogP contribution < -0.4 is 15.5 Å². The number of fused-ring (bicyclic) bond motifs is 1. The Morgan fingerprint density at radius 2 is 1.76 bits per heavy atom. The minimum atomic E-state index is -0.671. The summed E-state index contributed by atoms with van der Waals surface area (Å²) < 4.78 is 10.8. The number of rotatable bonds is 6. The number of carbonyl (C=O) groups is 3. The lowest BCUT2D eigenvalue weighted by Gasteiger charge is -2.21. The number of amides is 3. The minimum Gasteiger partial charge on any atom is -0.496 e. The zero-order chi connectivity index (χ0) is 25.0. The van der Waals surface area contributed by atoms with E-state index in [4.69, 9.17) is 9.47 Å². The Kier molecular flexibility index (Phi) is 7.29. The van der Waals surface area contributed by atoms with Gasteiger partial charge in [-0.1, -0.05) is 6.92 Å². The number of benzene rings is 2. The van der Waals surface area contributed by atoms with Crippen molar-refractivity contribution < 1.29 is 23.9 Å². The molecule has 3 amide bonds. The van der Waals surface area contributed by atoms with Crippen LogP contribution in [0.1, 0.15) is 55.6 Å². The van der Waals surface area contributed by atoms with E-state index in [1.807, 2.05) is 13.0 Å². The molecule has 8 nitrogen and oxygen atoms in total. The summed E-state index contributed by atoms with van der Waals surface area (Å²) in [4.78, 5) is 39.1. The largest absolute Gasteiger partial charge is 0.496 e. The van der Waals surface area contributed by atoms with Gasteiger partial charge in [-0.2, -0.15) is 0 Å². The SMILES string of the molecule is CC/C=C(\OC)c1ccc(NC(=O)OC(C)(C)C)c(NC(=O)c2ccc3c(c2)CC(=O)N3C)c1. The molecule has 1 aliphatic heterocycles. The molecule has 8 heteroatoms. The molecule has 0 bridgehead atoms. The number of hydrogen-bond acceptors (Lipinski definition) is 5. The molecule has 0 fully saturated rings. The summed E-state index contributed by atoms with van der Waals surface area (Å²) in [6, 6.07) is 10.4. The van der Waals surface area contributed by atoms with Crippen molar-refractivity contribution in [3.05, 3.63) is 59.2 Å². The van der Waals surface area contributed by atoms with Crippen LogP contribution in [0.25, 0.3) is 5.76 Å². The normalized spacial score (nSPS) is 13.4. The summed E-state index contributed by atoms with van der Waals surface area (Å²) in [5, 5.41) is 5.59. The summed E-state index contributed by atoms with van der Waals surface area (Å²) in [5.41, 5.74) is 2.85. The standard InChI is InChI=1S/C26H31N3O5/c1-7-8-22(33-6)16-9-11-19(28-25(32)34-26(2,3)4)20(14-16)27-24(31)17-10-12-21-18(13-17)15-23(30)29(21)5/h8-14H,7,15H2,1-6H3,(H,27,31)(H,28,32)/b22-8-. The van der Waals surface area contributed by atoms with Crippen LogP contribution in [0, 0.1) is 0 Å². The van der Waals surface area contributed by atoms with Gasteiger partial charge in [-0.25, -0.2) is 4.79 Å². The fourth-order valence-corrected chi connectivity index (χ4v) is 3.63. The van der Waals surface area contributed by atoms with Crippen molar-refractivity contribution in [1.29, 1.82) is 0 Å². The number of hydrogen-bond donors (Lipinski definition) is 2. The molecule has 1 heterocycles. The maximum atomic E-state index is 13.1. The van der Waals surface area contributed by atoms with Crippen LogP contribution in [-0.4, -0.2) is 37.7 Å². The van der Waals surface area contributed by atoms with Crippen molar-refractivity contribution in [3.8, 4) is 0 Å². The predicted octanol–water partition coefficient (Wildman–Crippen LogP) is 5.20. The minimum absolute atomic E-state index is 0.0149. The molecule has 34 heavy (non-hydrogen) atoms. The molecule has 0 spiro atoms. The van der Waals surface area contributed by atoms with Crippen molar-refractivity contribution in [2.75, 3.05) is 29.7 Å². The van der Waals surface area contributed by atoms with E-state index < -0.39 is 11.7 Å². The number of ether oxygens (including phenoxy) is 2. The highest BCUT2D eigenvalue weighted by atomic mass is 16.6. The van der Waals surface area contributed by atoms with E-state index >= 15 is 0 Å². The first-order chi connectivity index (χ1) is 16.0. The lowest BCUT2D eigenvalue weighted by Crippen LogP contribution is -2.27. The molecule has 2 aromatic rings. The third-order valence-corrected chi connectivity index (χ3v) is 5.22. The van der Waals surface area contributed by atoms with E-state index in [2.05, 4.69) is 10.6 Å². The zero-order valence-corrected chi connectivity index (χ0v) is 20.4. The average Bonchev–Trinajstić information content (AvgIpc) is 3.05. The summed E-state index contributed by atoms with van der Waals surface area (Å²) in [7, 11) is 3.29. The second kappa shape index (κ2) is 9.99. The topological polar surface area (TPSA) is 97.0 Å². The zero-order valence-electron chi connectivity index (χ0n) is 20.4. The Morgan fingerprint density at radius 3 is 2.41 bits per heavy atom. The molecular formula is C26H31N3O5. The highest BCUT2D eigenvalue weighted by Crippen LogP contribution is 2.31. The Morgan fingerprint density at radius 1 is 1.06 bits per heavy atom. The van der Waals surface area contributed by atoms with Crippen LogP contribution in [0.2, 0.25) is 0 Å². The van der Waals surface area contributed by atoms with Crippen LogP contribution in [-0.2, 0) is 20.7 Å². The molecule has 0 radical (unpaired) electrons. The van der Waals surface area contributed by atoms with Gasteiger partial charge in [0, 0.05) is 23.9 Å². The number of likely N-dealkylation sites (N-methyl/N-ethyl adjacent to an activating group) is 1. The van der Waals surface area contributed by atoms with Gasteiger partial charge >= 0.3 is 6.09 Å².